The topological polar surface area (TPSA) is 67.4 Å². The average molecular weight is 367 g/mol. The lowest BCUT2D eigenvalue weighted by atomic mass is 9.54. The molecule has 2 saturated carbocycles. The molecule has 0 saturated heterocycles. The van der Waals surface area contributed by atoms with E-state index in [9.17, 15) is 4.79 Å². The summed E-state index contributed by atoms with van der Waals surface area (Å²) < 4.78 is 6.08. The number of anilines is 1. The Morgan fingerprint density at radius 2 is 2.20 bits per heavy atom. The minimum Gasteiger partial charge on any atom is -0.378 e. The monoisotopic (exact) mass is 366 g/mol. The number of nitrogens with zero attached hydrogens (tertiary/aromatic N) is 3. The first-order chi connectivity index (χ1) is 12.2. The van der Waals surface area contributed by atoms with Crippen molar-refractivity contribution in [3.05, 3.63) is 5.51 Å². The number of hydrogen-bond acceptors (Lipinski definition) is 6. The summed E-state index contributed by atoms with van der Waals surface area (Å²) in [5, 5.41) is 11.1. The van der Waals surface area contributed by atoms with E-state index in [2.05, 4.69) is 34.3 Å². The Kier molecular flexibility index (Phi) is 6.41. The highest BCUT2D eigenvalue weighted by molar-refractivity contribution is 7.13. The number of hydrogen-bond donors (Lipinski definition) is 1. The number of amides is 1. The molecule has 0 aliphatic heterocycles. The molecule has 0 bridgehead atoms. The van der Waals surface area contributed by atoms with Crippen LogP contribution < -0.4 is 5.32 Å². The van der Waals surface area contributed by atoms with E-state index >= 15 is 0 Å². The van der Waals surface area contributed by atoms with Crippen molar-refractivity contribution in [3.63, 3.8) is 0 Å². The lowest BCUT2D eigenvalue weighted by Gasteiger charge is -2.60. The van der Waals surface area contributed by atoms with Crippen molar-refractivity contribution in [1.29, 1.82) is 0 Å². The van der Waals surface area contributed by atoms with Crippen LogP contribution in [0.3, 0.4) is 0 Å². The maximum atomic E-state index is 12.5. The first-order valence-corrected chi connectivity index (χ1v) is 10.5. The lowest BCUT2D eigenvalue weighted by Crippen LogP contribution is -2.66. The molecule has 0 radical (unpaired) electrons. The number of rotatable bonds is 8. The molecule has 1 aromatic heterocycles. The van der Waals surface area contributed by atoms with Crippen molar-refractivity contribution in [1.82, 2.24) is 15.1 Å². The summed E-state index contributed by atoms with van der Waals surface area (Å²) in [5.41, 5.74) is 1.89. The second-order valence-corrected chi connectivity index (χ2v) is 8.09. The van der Waals surface area contributed by atoms with E-state index in [1.54, 1.807) is 5.51 Å². The molecule has 0 aromatic carbocycles. The molecule has 1 amide bonds. The Balaban J connectivity index is 1.67. The fourth-order valence-corrected chi connectivity index (χ4v) is 5.20. The molecule has 1 N–H and O–H groups in total. The summed E-state index contributed by atoms with van der Waals surface area (Å²) in [6.45, 7) is 6.43. The Labute approximate surface area is 154 Å². The van der Waals surface area contributed by atoms with Gasteiger partial charge in [-0.2, -0.15) is 0 Å². The van der Waals surface area contributed by atoms with Crippen LogP contribution in [0.25, 0.3) is 0 Å². The molecule has 2 fully saturated rings. The quantitative estimate of drug-likeness (QED) is 0.764. The molecule has 1 heterocycles. The minimum absolute atomic E-state index is 0.0102. The van der Waals surface area contributed by atoms with E-state index in [-0.39, 0.29) is 11.3 Å². The first kappa shape index (κ1) is 18.7. The highest BCUT2D eigenvalue weighted by Gasteiger charge is 2.57. The van der Waals surface area contributed by atoms with Crippen LogP contribution in [0.5, 0.6) is 0 Å². The van der Waals surface area contributed by atoms with Crippen LogP contribution in [0.4, 0.5) is 5.13 Å². The van der Waals surface area contributed by atoms with Crippen molar-refractivity contribution in [2.75, 3.05) is 25.0 Å². The summed E-state index contributed by atoms with van der Waals surface area (Å²) in [5.74, 6) is 0.0102. The molecule has 140 valence electrons. The van der Waals surface area contributed by atoms with E-state index in [0.29, 0.717) is 23.8 Å². The third kappa shape index (κ3) is 4.04. The number of carbonyl (C=O) groups is 1. The van der Waals surface area contributed by atoms with Crippen LogP contribution in [0, 0.1) is 5.41 Å². The summed E-state index contributed by atoms with van der Waals surface area (Å²) in [6, 6.07) is 0.462. The summed E-state index contributed by atoms with van der Waals surface area (Å²) in [7, 11) is 0. The summed E-state index contributed by atoms with van der Waals surface area (Å²) in [6.07, 6.45) is 8.86. The molecule has 0 unspecified atom stereocenters. The van der Waals surface area contributed by atoms with Gasteiger partial charge in [0.05, 0.1) is 12.6 Å². The van der Waals surface area contributed by atoms with Gasteiger partial charge in [0.25, 0.3) is 0 Å². The number of carbonyl (C=O) groups excluding carboxylic acids is 1. The third-order valence-corrected chi connectivity index (χ3v) is 6.41. The smallest absolute Gasteiger partial charge is 0.240 e. The maximum absolute atomic E-state index is 12.5. The molecule has 2 atom stereocenters. The van der Waals surface area contributed by atoms with Crippen LogP contribution >= 0.6 is 11.3 Å². The Morgan fingerprint density at radius 1 is 1.40 bits per heavy atom. The number of ether oxygens (including phenoxy) is 1. The zero-order valence-corrected chi connectivity index (χ0v) is 16.2. The minimum atomic E-state index is 0.0102. The Bertz CT molecular complexity index is 545. The molecule has 3 rings (SSSR count). The highest BCUT2D eigenvalue weighted by Crippen LogP contribution is 2.55. The molecule has 2 aliphatic carbocycles. The van der Waals surface area contributed by atoms with Crippen molar-refractivity contribution >= 4 is 22.4 Å². The van der Waals surface area contributed by atoms with E-state index < -0.39 is 0 Å². The van der Waals surface area contributed by atoms with E-state index in [1.807, 2.05) is 0 Å². The fourth-order valence-electron chi connectivity index (χ4n) is 4.74. The van der Waals surface area contributed by atoms with Gasteiger partial charge in [0.15, 0.2) is 0 Å². The van der Waals surface area contributed by atoms with Gasteiger partial charge in [0.1, 0.15) is 5.51 Å². The van der Waals surface area contributed by atoms with Crippen LogP contribution in [0.1, 0.15) is 58.8 Å². The van der Waals surface area contributed by atoms with Crippen molar-refractivity contribution in [2.24, 2.45) is 5.41 Å². The van der Waals surface area contributed by atoms with Gasteiger partial charge in [-0.1, -0.05) is 37.5 Å². The number of aromatic nitrogens is 2. The van der Waals surface area contributed by atoms with Gasteiger partial charge < -0.3 is 4.74 Å². The van der Waals surface area contributed by atoms with Gasteiger partial charge in [0.2, 0.25) is 11.0 Å². The third-order valence-electron chi connectivity index (χ3n) is 5.80. The standard InChI is InChI=1S/C18H30N4O2S/c1-3-10-22(12-16(23)20-17-21-19-13-25-17)14-11-15(24-4-2)18(14)8-6-5-7-9-18/h13-15H,3-12H2,1-2H3,(H,20,21,23)/t14-,15+/m0/s1. The van der Waals surface area contributed by atoms with Gasteiger partial charge >= 0.3 is 0 Å². The van der Waals surface area contributed by atoms with E-state index in [4.69, 9.17) is 4.74 Å². The second-order valence-electron chi connectivity index (χ2n) is 7.25. The van der Waals surface area contributed by atoms with Gasteiger partial charge in [-0.3, -0.25) is 15.0 Å². The molecule has 2 aliphatic rings. The normalized spacial score (nSPS) is 25.1. The average Bonchev–Trinajstić information content (AvgIpc) is 3.11. The van der Waals surface area contributed by atoms with Gasteiger partial charge in [0, 0.05) is 18.1 Å². The van der Waals surface area contributed by atoms with Crippen LogP contribution in [0.15, 0.2) is 5.51 Å². The Hall–Kier alpha value is -1.05. The Morgan fingerprint density at radius 3 is 2.84 bits per heavy atom. The SMILES string of the molecule is CCCN(CC(=O)Nc1nncs1)[C@H]1C[C@@H](OCC)C12CCCCC2. The molecule has 7 heteroatoms. The molecular weight excluding hydrogens is 336 g/mol. The molecule has 25 heavy (non-hydrogen) atoms. The second kappa shape index (κ2) is 8.56. The fraction of sp³-hybridized carbons (Fsp3) is 0.833. The zero-order chi connectivity index (χ0) is 17.7. The lowest BCUT2D eigenvalue weighted by molar-refractivity contribution is -0.183. The van der Waals surface area contributed by atoms with Gasteiger partial charge in [-0.15, -0.1) is 10.2 Å². The molecule has 1 spiro atoms. The molecule has 6 nitrogen and oxygen atoms in total. The van der Waals surface area contributed by atoms with Crippen molar-refractivity contribution < 1.29 is 9.53 Å². The van der Waals surface area contributed by atoms with Crippen LogP contribution in [-0.2, 0) is 9.53 Å². The molecular formula is C18H30N4O2S. The maximum Gasteiger partial charge on any atom is 0.240 e. The van der Waals surface area contributed by atoms with Crippen molar-refractivity contribution in [3.8, 4) is 0 Å². The van der Waals surface area contributed by atoms with E-state index in [0.717, 1.165) is 26.0 Å². The zero-order valence-electron chi connectivity index (χ0n) is 15.4. The van der Waals surface area contributed by atoms with Crippen LogP contribution in [0.2, 0.25) is 0 Å². The van der Waals surface area contributed by atoms with Crippen LogP contribution in [-0.4, -0.2) is 52.8 Å². The van der Waals surface area contributed by atoms with Gasteiger partial charge in [-0.25, -0.2) is 0 Å². The summed E-state index contributed by atoms with van der Waals surface area (Å²) >= 11 is 1.36. The number of nitrogens with one attached hydrogen (secondary N) is 1. The van der Waals surface area contributed by atoms with Crippen molar-refractivity contribution in [2.45, 2.75) is 70.9 Å². The van der Waals surface area contributed by atoms with Gasteiger partial charge in [-0.05, 0) is 39.2 Å². The largest absolute Gasteiger partial charge is 0.378 e. The predicted molar refractivity (Wildman–Crippen MR) is 99.7 cm³/mol. The first-order valence-electron chi connectivity index (χ1n) is 9.61. The molecule has 1 aromatic rings. The highest BCUT2D eigenvalue weighted by atomic mass is 32.1. The predicted octanol–water partition coefficient (Wildman–Crippen LogP) is 3.32. The summed E-state index contributed by atoms with van der Waals surface area (Å²) in [4.78, 5) is 14.9. The van der Waals surface area contributed by atoms with E-state index in [1.165, 1.54) is 43.4 Å².